The molecule has 0 spiro atoms. The van der Waals surface area contributed by atoms with E-state index in [1.807, 2.05) is 18.3 Å². The quantitative estimate of drug-likeness (QED) is 0.699. The SMILES string of the molecule is CCNCCCC(C)NCc1ccnc2ccc(OC)cc12. The molecule has 0 aliphatic heterocycles. The number of benzene rings is 1. The number of pyridine rings is 1. The second-order valence-electron chi connectivity index (χ2n) is 5.63. The molecule has 2 rings (SSSR count). The minimum absolute atomic E-state index is 0.507. The molecule has 2 N–H and O–H groups in total. The van der Waals surface area contributed by atoms with Gasteiger partial charge in [0.1, 0.15) is 5.75 Å². The molecule has 0 amide bonds. The van der Waals surface area contributed by atoms with Gasteiger partial charge in [-0.05, 0) is 62.7 Å². The van der Waals surface area contributed by atoms with Crippen molar-refractivity contribution in [1.82, 2.24) is 15.6 Å². The molecule has 0 fully saturated rings. The minimum atomic E-state index is 0.507. The highest BCUT2D eigenvalue weighted by Crippen LogP contribution is 2.22. The van der Waals surface area contributed by atoms with E-state index in [1.54, 1.807) is 7.11 Å². The molecular weight excluding hydrogens is 274 g/mol. The van der Waals surface area contributed by atoms with Crippen LogP contribution in [0, 0.1) is 0 Å². The van der Waals surface area contributed by atoms with Gasteiger partial charge in [-0.15, -0.1) is 0 Å². The molecule has 1 aromatic carbocycles. The number of nitrogens with zero attached hydrogens (tertiary/aromatic N) is 1. The van der Waals surface area contributed by atoms with E-state index in [1.165, 1.54) is 18.4 Å². The third-order valence-electron chi connectivity index (χ3n) is 3.92. The van der Waals surface area contributed by atoms with Crippen molar-refractivity contribution in [2.24, 2.45) is 0 Å². The maximum atomic E-state index is 5.32. The molecular formula is C18H27N3O. The van der Waals surface area contributed by atoms with Crippen LogP contribution in [0.3, 0.4) is 0 Å². The number of hydrogen-bond acceptors (Lipinski definition) is 4. The molecule has 1 atom stereocenters. The molecule has 120 valence electrons. The van der Waals surface area contributed by atoms with Crippen molar-refractivity contribution < 1.29 is 4.74 Å². The van der Waals surface area contributed by atoms with Crippen LogP contribution in [0.5, 0.6) is 5.75 Å². The molecule has 0 aliphatic rings. The second kappa shape index (κ2) is 8.71. The Morgan fingerprint density at radius 3 is 2.91 bits per heavy atom. The van der Waals surface area contributed by atoms with Gasteiger partial charge in [0, 0.05) is 24.2 Å². The third-order valence-corrected chi connectivity index (χ3v) is 3.92. The van der Waals surface area contributed by atoms with E-state index in [2.05, 4.69) is 41.6 Å². The Bertz CT molecular complexity index is 586. The molecule has 1 heterocycles. The monoisotopic (exact) mass is 301 g/mol. The van der Waals surface area contributed by atoms with Gasteiger partial charge in [-0.25, -0.2) is 0 Å². The van der Waals surface area contributed by atoms with Gasteiger partial charge in [0.05, 0.1) is 12.6 Å². The van der Waals surface area contributed by atoms with Gasteiger partial charge in [0.15, 0.2) is 0 Å². The Labute approximate surface area is 133 Å². The van der Waals surface area contributed by atoms with Crippen molar-refractivity contribution in [2.45, 2.75) is 39.3 Å². The highest BCUT2D eigenvalue weighted by molar-refractivity contribution is 5.83. The molecule has 1 aromatic heterocycles. The van der Waals surface area contributed by atoms with E-state index in [-0.39, 0.29) is 0 Å². The fraction of sp³-hybridized carbons (Fsp3) is 0.500. The van der Waals surface area contributed by atoms with Crippen LogP contribution in [-0.4, -0.2) is 31.2 Å². The zero-order valence-corrected chi connectivity index (χ0v) is 13.9. The summed E-state index contributed by atoms with van der Waals surface area (Å²) in [7, 11) is 1.70. The Kier molecular flexibility index (Phi) is 6.62. The zero-order chi connectivity index (χ0) is 15.8. The molecule has 4 nitrogen and oxygen atoms in total. The van der Waals surface area contributed by atoms with E-state index in [0.717, 1.165) is 36.3 Å². The zero-order valence-electron chi connectivity index (χ0n) is 13.9. The fourth-order valence-corrected chi connectivity index (χ4v) is 2.56. The first kappa shape index (κ1) is 16.7. The standard InChI is InChI=1S/C18H27N3O/c1-4-19-10-5-6-14(2)21-13-15-9-11-20-18-8-7-16(22-3)12-17(15)18/h7-9,11-12,14,19,21H,4-6,10,13H2,1-3H3. The lowest BCUT2D eigenvalue weighted by molar-refractivity contribution is 0.415. The van der Waals surface area contributed by atoms with Gasteiger partial charge in [-0.1, -0.05) is 6.92 Å². The summed E-state index contributed by atoms with van der Waals surface area (Å²) in [6.07, 6.45) is 4.26. The van der Waals surface area contributed by atoms with Crippen LogP contribution in [0.15, 0.2) is 30.5 Å². The topological polar surface area (TPSA) is 46.2 Å². The lowest BCUT2D eigenvalue weighted by Crippen LogP contribution is -2.27. The normalized spacial score (nSPS) is 12.5. The average Bonchev–Trinajstić information content (AvgIpc) is 2.56. The summed E-state index contributed by atoms with van der Waals surface area (Å²) in [5.41, 5.74) is 2.28. The van der Waals surface area contributed by atoms with Crippen molar-refractivity contribution in [3.05, 3.63) is 36.0 Å². The first-order chi connectivity index (χ1) is 10.7. The van der Waals surface area contributed by atoms with E-state index >= 15 is 0 Å². The van der Waals surface area contributed by atoms with Crippen LogP contribution < -0.4 is 15.4 Å². The van der Waals surface area contributed by atoms with Crippen molar-refractivity contribution in [3.8, 4) is 5.75 Å². The summed E-state index contributed by atoms with van der Waals surface area (Å²) in [4.78, 5) is 4.42. The Morgan fingerprint density at radius 2 is 2.14 bits per heavy atom. The highest BCUT2D eigenvalue weighted by atomic mass is 16.5. The molecule has 22 heavy (non-hydrogen) atoms. The molecule has 0 saturated carbocycles. The van der Waals surface area contributed by atoms with Crippen LogP contribution in [-0.2, 0) is 6.54 Å². The van der Waals surface area contributed by atoms with Crippen LogP contribution in [0.4, 0.5) is 0 Å². The van der Waals surface area contributed by atoms with Gasteiger partial charge in [0.25, 0.3) is 0 Å². The number of rotatable bonds is 9. The predicted molar refractivity (Wildman–Crippen MR) is 92.4 cm³/mol. The van der Waals surface area contributed by atoms with Crippen molar-refractivity contribution in [3.63, 3.8) is 0 Å². The maximum absolute atomic E-state index is 5.32. The van der Waals surface area contributed by atoms with Gasteiger partial charge in [-0.3, -0.25) is 4.98 Å². The van der Waals surface area contributed by atoms with Crippen LogP contribution in [0.1, 0.15) is 32.3 Å². The number of aromatic nitrogens is 1. The fourth-order valence-electron chi connectivity index (χ4n) is 2.56. The Balaban J connectivity index is 1.96. The van der Waals surface area contributed by atoms with E-state index in [4.69, 9.17) is 4.74 Å². The van der Waals surface area contributed by atoms with Crippen molar-refractivity contribution in [1.29, 1.82) is 0 Å². The maximum Gasteiger partial charge on any atom is 0.119 e. The molecule has 0 aliphatic carbocycles. The number of hydrogen-bond donors (Lipinski definition) is 2. The van der Waals surface area contributed by atoms with Gasteiger partial charge in [0.2, 0.25) is 0 Å². The Morgan fingerprint density at radius 1 is 1.27 bits per heavy atom. The summed E-state index contributed by atoms with van der Waals surface area (Å²) in [6, 6.07) is 8.62. The van der Waals surface area contributed by atoms with Crippen molar-refractivity contribution >= 4 is 10.9 Å². The molecule has 2 aromatic rings. The van der Waals surface area contributed by atoms with Crippen LogP contribution >= 0.6 is 0 Å². The molecule has 1 unspecified atom stereocenters. The van der Waals surface area contributed by atoms with Gasteiger partial charge < -0.3 is 15.4 Å². The molecule has 0 saturated heterocycles. The van der Waals surface area contributed by atoms with E-state index in [0.29, 0.717) is 6.04 Å². The van der Waals surface area contributed by atoms with Gasteiger partial charge in [-0.2, -0.15) is 0 Å². The van der Waals surface area contributed by atoms with Crippen LogP contribution in [0.25, 0.3) is 10.9 Å². The number of fused-ring (bicyclic) bond motifs is 1. The number of methoxy groups -OCH3 is 1. The van der Waals surface area contributed by atoms with Crippen LogP contribution in [0.2, 0.25) is 0 Å². The minimum Gasteiger partial charge on any atom is -0.497 e. The summed E-state index contributed by atoms with van der Waals surface area (Å²) in [6.45, 7) is 7.39. The van der Waals surface area contributed by atoms with Crippen molar-refractivity contribution in [2.75, 3.05) is 20.2 Å². The number of nitrogens with one attached hydrogen (secondary N) is 2. The Hall–Kier alpha value is -1.65. The summed E-state index contributed by atoms with van der Waals surface area (Å²) >= 11 is 0. The second-order valence-corrected chi connectivity index (χ2v) is 5.63. The summed E-state index contributed by atoms with van der Waals surface area (Å²) < 4.78 is 5.32. The molecule has 0 radical (unpaired) electrons. The molecule has 4 heteroatoms. The highest BCUT2D eigenvalue weighted by Gasteiger charge is 2.06. The predicted octanol–water partition coefficient (Wildman–Crippen LogP) is 3.11. The summed E-state index contributed by atoms with van der Waals surface area (Å²) in [5, 5.41) is 8.13. The first-order valence-electron chi connectivity index (χ1n) is 8.10. The smallest absolute Gasteiger partial charge is 0.119 e. The van der Waals surface area contributed by atoms with E-state index in [9.17, 15) is 0 Å². The van der Waals surface area contributed by atoms with Gasteiger partial charge >= 0.3 is 0 Å². The average molecular weight is 301 g/mol. The lowest BCUT2D eigenvalue weighted by atomic mass is 10.1. The third kappa shape index (κ3) is 4.68. The van der Waals surface area contributed by atoms with E-state index < -0.39 is 0 Å². The largest absolute Gasteiger partial charge is 0.497 e. The summed E-state index contributed by atoms with van der Waals surface area (Å²) in [5.74, 6) is 0.875. The number of ether oxygens (including phenoxy) is 1. The lowest BCUT2D eigenvalue weighted by Gasteiger charge is -2.15. The first-order valence-corrected chi connectivity index (χ1v) is 8.10. The molecule has 0 bridgehead atoms.